The molecule has 2 fully saturated rings. The van der Waals surface area contributed by atoms with Gasteiger partial charge in [0.25, 0.3) is 0 Å². The molecular formula is C30H37N5S. The molecule has 2 unspecified atom stereocenters. The molecule has 6 heteroatoms. The zero-order valence-electron chi connectivity index (χ0n) is 21.6. The molecule has 5 heterocycles. The second kappa shape index (κ2) is 9.64. The first kappa shape index (κ1) is 23.7. The minimum Gasteiger partial charge on any atom is -0.368 e. The smallest absolute Gasteiger partial charge is 0.140 e. The van der Waals surface area contributed by atoms with Crippen LogP contribution >= 0.6 is 12.6 Å². The number of aryl methyl sites for hydroxylation is 1. The second-order valence-electron chi connectivity index (χ2n) is 10.8. The predicted octanol–water partition coefficient (Wildman–Crippen LogP) is 5.65. The number of pyridine rings is 1. The molecule has 36 heavy (non-hydrogen) atoms. The first-order chi connectivity index (χ1) is 17.5. The van der Waals surface area contributed by atoms with Gasteiger partial charge in [-0.15, -0.1) is 0 Å². The number of nitrogens with one attached hydrogen (secondary N) is 1. The number of hydrogen-bond acceptors (Lipinski definition) is 5. The van der Waals surface area contributed by atoms with Crippen LogP contribution in [-0.2, 0) is 0 Å². The average Bonchev–Trinajstić information content (AvgIpc) is 3.64. The number of piperazine rings is 1. The number of aromatic nitrogens is 2. The molecule has 0 spiro atoms. The Morgan fingerprint density at radius 1 is 1.17 bits per heavy atom. The SMILES string of the molecule is Cc1cn2cc(C3=CC(=CCS)N4C=C(N5CCNC(C)C5)C=CC4=CCC3C)cc(C3CC3)c2n1. The molecule has 2 aromatic rings. The highest BCUT2D eigenvalue weighted by molar-refractivity contribution is 7.80. The molecule has 0 aromatic carbocycles. The van der Waals surface area contributed by atoms with E-state index in [1.807, 2.05) is 0 Å². The first-order valence-electron chi connectivity index (χ1n) is 13.4. The lowest BCUT2D eigenvalue weighted by atomic mass is 9.88. The Balaban J connectivity index is 1.42. The lowest BCUT2D eigenvalue weighted by molar-refractivity contribution is 0.258. The van der Waals surface area contributed by atoms with Gasteiger partial charge in [-0.1, -0.05) is 19.1 Å². The first-order valence-corrected chi connectivity index (χ1v) is 14.0. The largest absolute Gasteiger partial charge is 0.368 e. The van der Waals surface area contributed by atoms with Gasteiger partial charge in [0, 0.05) is 61.4 Å². The summed E-state index contributed by atoms with van der Waals surface area (Å²) in [6.45, 7) is 9.79. The van der Waals surface area contributed by atoms with Crippen molar-refractivity contribution in [2.24, 2.45) is 5.92 Å². The molecule has 5 nitrogen and oxygen atoms in total. The van der Waals surface area contributed by atoms with E-state index in [1.165, 1.54) is 46.6 Å². The normalized spacial score (nSPS) is 25.9. The molecule has 0 amide bonds. The number of imidazole rings is 1. The van der Waals surface area contributed by atoms with Crippen molar-refractivity contribution in [1.29, 1.82) is 0 Å². The third-order valence-corrected chi connectivity index (χ3v) is 8.02. The summed E-state index contributed by atoms with van der Waals surface area (Å²) in [6.07, 6.45) is 21.9. The quantitative estimate of drug-likeness (QED) is 0.533. The molecule has 3 aliphatic heterocycles. The summed E-state index contributed by atoms with van der Waals surface area (Å²) >= 11 is 4.61. The molecule has 4 aliphatic rings. The Morgan fingerprint density at radius 2 is 2.00 bits per heavy atom. The minimum atomic E-state index is 0.407. The fourth-order valence-electron chi connectivity index (χ4n) is 5.76. The second-order valence-corrected chi connectivity index (χ2v) is 11.2. The van der Waals surface area contributed by atoms with E-state index in [1.54, 1.807) is 0 Å². The van der Waals surface area contributed by atoms with Crippen molar-refractivity contribution >= 4 is 23.8 Å². The number of thiol groups is 1. The van der Waals surface area contributed by atoms with Crippen molar-refractivity contribution in [3.05, 3.63) is 89.0 Å². The van der Waals surface area contributed by atoms with Gasteiger partial charge in [0.15, 0.2) is 0 Å². The van der Waals surface area contributed by atoms with Crippen LogP contribution in [0.4, 0.5) is 0 Å². The van der Waals surface area contributed by atoms with Crippen LogP contribution in [0.25, 0.3) is 11.2 Å². The standard InChI is InChI=1S/C30H37N5S/c1-20-4-7-25-8-9-27(33-12-11-31-21(2)16-33)19-35(25)26(10-13-36)15-28(20)24-14-29(23-5-6-23)30-32-22(3)17-34(30)18-24/h7-10,14-15,17-21,23,31,36H,4-6,11-13,16H2,1-3H3. The monoisotopic (exact) mass is 499 g/mol. The van der Waals surface area contributed by atoms with Crippen LogP contribution < -0.4 is 5.32 Å². The van der Waals surface area contributed by atoms with Crippen LogP contribution in [0.2, 0.25) is 0 Å². The van der Waals surface area contributed by atoms with E-state index in [0.717, 1.165) is 37.4 Å². The summed E-state index contributed by atoms with van der Waals surface area (Å²) in [7, 11) is 0. The summed E-state index contributed by atoms with van der Waals surface area (Å²) < 4.78 is 2.25. The molecule has 2 aromatic heterocycles. The topological polar surface area (TPSA) is 35.8 Å². The predicted molar refractivity (Wildman–Crippen MR) is 152 cm³/mol. The molecule has 0 bridgehead atoms. The van der Waals surface area contributed by atoms with E-state index >= 15 is 0 Å². The maximum absolute atomic E-state index is 4.85. The lowest BCUT2D eigenvalue weighted by Gasteiger charge is -2.38. The van der Waals surface area contributed by atoms with E-state index in [2.05, 4.69) is 108 Å². The highest BCUT2D eigenvalue weighted by Gasteiger charge is 2.29. The summed E-state index contributed by atoms with van der Waals surface area (Å²) in [4.78, 5) is 9.71. The van der Waals surface area contributed by atoms with Crippen molar-refractivity contribution < 1.29 is 0 Å². The summed E-state index contributed by atoms with van der Waals surface area (Å²) in [6, 6.07) is 2.92. The molecule has 0 radical (unpaired) electrons. The average molecular weight is 500 g/mol. The fourth-order valence-corrected chi connectivity index (χ4v) is 5.95. The highest BCUT2D eigenvalue weighted by atomic mass is 32.1. The highest BCUT2D eigenvalue weighted by Crippen LogP contribution is 2.44. The maximum Gasteiger partial charge on any atom is 0.140 e. The zero-order valence-corrected chi connectivity index (χ0v) is 22.5. The Labute approximate surface area is 220 Å². The number of fused-ring (bicyclic) bond motifs is 2. The maximum atomic E-state index is 4.85. The van der Waals surface area contributed by atoms with Crippen LogP contribution in [0.3, 0.4) is 0 Å². The van der Waals surface area contributed by atoms with Crippen LogP contribution in [0.1, 0.15) is 55.8 Å². The van der Waals surface area contributed by atoms with Crippen LogP contribution in [0, 0.1) is 12.8 Å². The van der Waals surface area contributed by atoms with Gasteiger partial charge in [-0.3, -0.25) is 0 Å². The summed E-state index contributed by atoms with van der Waals surface area (Å²) in [5.41, 5.74) is 10.0. The molecule has 1 saturated carbocycles. The number of hydrogen-bond donors (Lipinski definition) is 2. The number of rotatable bonds is 4. The third-order valence-electron chi connectivity index (χ3n) is 7.84. The van der Waals surface area contributed by atoms with Gasteiger partial charge in [-0.05, 0) is 85.9 Å². The third kappa shape index (κ3) is 4.57. The van der Waals surface area contributed by atoms with Crippen molar-refractivity contribution in [1.82, 2.24) is 24.5 Å². The molecule has 2 atom stereocenters. The summed E-state index contributed by atoms with van der Waals surface area (Å²) in [5, 5.41) is 3.56. The minimum absolute atomic E-state index is 0.407. The van der Waals surface area contributed by atoms with Gasteiger partial charge in [-0.25, -0.2) is 4.98 Å². The molecule has 1 N–H and O–H groups in total. The van der Waals surface area contributed by atoms with Crippen molar-refractivity contribution in [2.75, 3.05) is 25.4 Å². The van der Waals surface area contributed by atoms with Crippen LogP contribution in [0.5, 0.6) is 0 Å². The van der Waals surface area contributed by atoms with Gasteiger partial charge in [0.2, 0.25) is 0 Å². The molecule has 188 valence electrons. The van der Waals surface area contributed by atoms with Crippen molar-refractivity contribution in [3.63, 3.8) is 0 Å². The van der Waals surface area contributed by atoms with Gasteiger partial charge in [-0.2, -0.15) is 12.6 Å². The van der Waals surface area contributed by atoms with Gasteiger partial charge < -0.3 is 19.5 Å². The molecule has 6 rings (SSSR count). The van der Waals surface area contributed by atoms with Crippen LogP contribution in [0.15, 0.2) is 72.1 Å². The Morgan fingerprint density at radius 3 is 2.78 bits per heavy atom. The van der Waals surface area contributed by atoms with Gasteiger partial charge in [0.05, 0.1) is 11.4 Å². The summed E-state index contributed by atoms with van der Waals surface area (Å²) in [5.74, 6) is 1.75. The molecule has 1 aliphatic carbocycles. The van der Waals surface area contributed by atoms with E-state index in [9.17, 15) is 0 Å². The number of allylic oxidation sites excluding steroid dienone is 5. The number of nitrogens with zero attached hydrogens (tertiary/aromatic N) is 4. The lowest BCUT2D eigenvalue weighted by Crippen LogP contribution is -2.48. The van der Waals surface area contributed by atoms with Crippen molar-refractivity contribution in [2.45, 2.75) is 52.0 Å². The van der Waals surface area contributed by atoms with Gasteiger partial charge in [0.1, 0.15) is 5.65 Å². The van der Waals surface area contributed by atoms with E-state index < -0.39 is 0 Å². The molecular weight excluding hydrogens is 462 g/mol. The van der Waals surface area contributed by atoms with Crippen molar-refractivity contribution in [3.8, 4) is 0 Å². The Hall–Kier alpha value is -2.70. The van der Waals surface area contributed by atoms with E-state index in [-0.39, 0.29) is 0 Å². The van der Waals surface area contributed by atoms with E-state index in [0.29, 0.717) is 23.6 Å². The van der Waals surface area contributed by atoms with Gasteiger partial charge >= 0.3 is 0 Å². The zero-order chi connectivity index (χ0) is 24.8. The Kier molecular flexibility index (Phi) is 6.34. The van der Waals surface area contributed by atoms with E-state index in [4.69, 9.17) is 4.98 Å². The fraction of sp³-hybridized carbons (Fsp3) is 0.433. The Bertz CT molecular complexity index is 1320. The molecule has 1 saturated heterocycles. The van der Waals surface area contributed by atoms with Crippen LogP contribution in [-0.4, -0.2) is 50.6 Å².